The number of methoxy groups -OCH3 is 2. The molecule has 2 bridgehead atoms. The van der Waals surface area contributed by atoms with E-state index in [0.29, 0.717) is 27.3 Å². The third kappa shape index (κ3) is 2.69. The second-order valence-corrected chi connectivity index (χ2v) is 7.60. The Morgan fingerprint density at radius 3 is 2.71 bits per heavy atom. The van der Waals surface area contributed by atoms with Crippen molar-refractivity contribution in [2.24, 2.45) is 5.92 Å². The van der Waals surface area contributed by atoms with Gasteiger partial charge in [0.25, 0.3) is 0 Å². The van der Waals surface area contributed by atoms with E-state index in [1.165, 1.54) is 7.11 Å². The van der Waals surface area contributed by atoms with Gasteiger partial charge >= 0.3 is 5.97 Å². The van der Waals surface area contributed by atoms with Gasteiger partial charge in [-0.15, -0.1) is 0 Å². The zero-order valence-corrected chi connectivity index (χ0v) is 17.1. The van der Waals surface area contributed by atoms with Gasteiger partial charge < -0.3 is 19.5 Å². The second-order valence-electron chi connectivity index (χ2n) is 6.78. The van der Waals surface area contributed by atoms with Crippen LogP contribution in [-0.2, 0) is 9.53 Å². The molecule has 6 nitrogen and oxygen atoms in total. The first-order valence-corrected chi connectivity index (χ1v) is 9.49. The standard InChI is InChI=1S/C20H19ClN2O4S/c1-20-15(18(24)26-3)16(13-8-5-9-14(25-2)17(13)27-20)22-19(28)23(20)12-7-4-6-11(21)10-12/h4-10,15-16H,1-3H3,(H,22,28)/t15-,16-,20-/m0/s1. The summed E-state index contributed by atoms with van der Waals surface area (Å²) in [5, 5.41) is 4.28. The molecule has 0 aromatic heterocycles. The molecule has 1 fully saturated rings. The minimum atomic E-state index is -1.15. The fraction of sp³-hybridized carbons (Fsp3) is 0.300. The first-order valence-electron chi connectivity index (χ1n) is 8.70. The maximum Gasteiger partial charge on any atom is 0.317 e. The predicted molar refractivity (Wildman–Crippen MR) is 110 cm³/mol. The van der Waals surface area contributed by atoms with E-state index in [0.717, 1.165) is 5.56 Å². The summed E-state index contributed by atoms with van der Waals surface area (Å²) in [6.07, 6.45) is 0. The number of hydrogen-bond donors (Lipinski definition) is 1. The first kappa shape index (κ1) is 18.8. The fourth-order valence-corrected chi connectivity index (χ4v) is 4.62. The lowest BCUT2D eigenvalue weighted by Crippen LogP contribution is -2.71. The van der Waals surface area contributed by atoms with E-state index in [4.69, 9.17) is 38.0 Å². The van der Waals surface area contributed by atoms with Crippen LogP contribution in [0.3, 0.4) is 0 Å². The summed E-state index contributed by atoms with van der Waals surface area (Å²) in [4.78, 5) is 14.6. The van der Waals surface area contributed by atoms with E-state index < -0.39 is 23.7 Å². The van der Waals surface area contributed by atoms with E-state index >= 15 is 0 Å². The maximum atomic E-state index is 12.8. The summed E-state index contributed by atoms with van der Waals surface area (Å²) >= 11 is 11.9. The molecule has 8 heteroatoms. The number of fused-ring (bicyclic) bond motifs is 4. The fourth-order valence-electron chi connectivity index (χ4n) is 4.02. The molecule has 2 aliphatic rings. The Labute approximate surface area is 173 Å². The van der Waals surface area contributed by atoms with Crippen molar-refractivity contribution in [3.63, 3.8) is 0 Å². The highest BCUT2D eigenvalue weighted by atomic mass is 35.5. The van der Waals surface area contributed by atoms with Gasteiger partial charge in [0.15, 0.2) is 16.6 Å². The third-order valence-electron chi connectivity index (χ3n) is 5.23. The van der Waals surface area contributed by atoms with E-state index in [2.05, 4.69) is 5.32 Å². The molecule has 0 spiro atoms. The van der Waals surface area contributed by atoms with Crippen LogP contribution in [0.15, 0.2) is 42.5 Å². The molecule has 2 aromatic rings. The Kier molecular flexibility index (Phi) is 4.59. The monoisotopic (exact) mass is 418 g/mol. The molecule has 4 rings (SSSR count). The highest BCUT2D eigenvalue weighted by Gasteiger charge is 2.60. The van der Waals surface area contributed by atoms with Gasteiger partial charge in [-0.1, -0.05) is 29.8 Å². The number of halogens is 1. The molecule has 0 unspecified atom stereocenters. The Morgan fingerprint density at radius 1 is 1.29 bits per heavy atom. The number of hydrogen-bond acceptors (Lipinski definition) is 5. The van der Waals surface area contributed by atoms with Crippen LogP contribution in [0.25, 0.3) is 0 Å². The normalized spacial score (nSPS) is 25.3. The Bertz CT molecular complexity index is 969. The van der Waals surface area contributed by atoms with Gasteiger partial charge in [-0.05, 0) is 43.4 Å². The van der Waals surface area contributed by atoms with Crippen LogP contribution in [0.4, 0.5) is 5.69 Å². The number of rotatable bonds is 3. The van der Waals surface area contributed by atoms with Crippen LogP contribution in [0.1, 0.15) is 18.5 Å². The minimum Gasteiger partial charge on any atom is -0.493 e. The molecule has 0 saturated carbocycles. The molecule has 0 aliphatic carbocycles. The molecule has 3 atom stereocenters. The first-order chi connectivity index (χ1) is 13.4. The highest BCUT2D eigenvalue weighted by Crippen LogP contribution is 2.52. The van der Waals surface area contributed by atoms with Gasteiger partial charge in [0, 0.05) is 16.3 Å². The number of anilines is 1. The van der Waals surface area contributed by atoms with Gasteiger partial charge in [-0.2, -0.15) is 0 Å². The van der Waals surface area contributed by atoms with Crippen LogP contribution in [0, 0.1) is 5.92 Å². The van der Waals surface area contributed by atoms with Crippen molar-refractivity contribution in [2.75, 3.05) is 19.1 Å². The number of ether oxygens (including phenoxy) is 3. The lowest BCUT2D eigenvalue weighted by molar-refractivity contribution is -0.157. The number of carbonyl (C=O) groups is 1. The number of thiocarbonyl (C=S) groups is 1. The molecular weight excluding hydrogens is 400 g/mol. The zero-order chi connectivity index (χ0) is 20.1. The van der Waals surface area contributed by atoms with E-state index in [1.807, 2.05) is 37.3 Å². The Hall–Kier alpha value is -2.51. The highest BCUT2D eigenvalue weighted by molar-refractivity contribution is 7.80. The molecule has 1 saturated heterocycles. The van der Waals surface area contributed by atoms with Gasteiger partial charge in [0.1, 0.15) is 5.92 Å². The number of para-hydroxylation sites is 1. The number of nitrogens with one attached hydrogen (secondary N) is 1. The molecule has 2 heterocycles. The lowest BCUT2D eigenvalue weighted by atomic mass is 9.79. The largest absolute Gasteiger partial charge is 0.493 e. The van der Waals surface area contributed by atoms with E-state index in [-0.39, 0.29) is 0 Å². The van der Waals surface area contributed by atoms with Gasteiger partial charge in [0.05, 0.1) is 20.3 Å². The molecule has 0 amide bonds. The number of carbonyl (C=O) groups excluding carboxylic acids is 1. The average molecular weight is 419 g/mol. The summed E-state index contributed by atoms with van der Waals surface area (Å²) in [6, 6.07) is 12.4. The van der Waals surface area contributed by atoms with Crippen LogP contribution in [-0.4, -0.2) is 31.0 Å². The molecule has 2 aromatic carbocycles. The average Bonchev–Trinajstić information content (AvgIpc) is 2.66. The molecular formula is C20H19ClN2O4S. The van der Waals surface area contributed by atoms with Crippen molar-refractivity contribution < 1.29 is 19.0 Å². The van der Waals surface area contributed by atoms with Gasteiger partial charge in [-0.25, -0.2) is 0 Å². The van der Waals surface area contributed by atoms with Crippen molar-refractivity contribution in [3.8, 4) is 11.5 Å². The maximum absolute atomic E-state index is 12.8. The van der Waals surface area contributed by atoms with Crippen molar-refractivity contribution in [1.29, 1.82) is 0 Å². The number of nitrogens with zero attached hydrogens (tertiary/aromatic N) is 1. The summed E-state index contributed by atoms with van der Waals surface area (Å²) in [7, 11) is 2.95. The van der Waals surface area contributed by atoms with Crippen LogP contribution >= 0.6 is 23.8 Å². The lowest BCUT2D eigenvalue weighted by Gasteiger charge is -2.55. The number of benzene rings is 2. The van der Waals surface area contributed by atoms with Crippen LogP contribution < -0.4 is 19.7 Å². The van der Waals surface area contributed by atoms with Crippen LogP contribution in [0.2, 0.25) is 5.02 Å². The topological polar surface area (TPSA) is 60.0 Å². The summed E-state index contributed by atoms with van der Waals surface area (Å²) in [6.45, 7) is 1.82. The van der Waals surface area contributed by atoms with E-state index in [9.17, 15) is 4.79 Å². The molecule has 2 aliphatic heterocycles. The van der Waals surface area contributed by atoms with Crippen molar-refractivity contribution in [3.05, 3.63) is 53.1 Å². The van der Waals surface area contributed by atoms with Crippen LogP contribution in [0.5, 0.6) is 11.5 Å². The van der Waals surface area contributed by atoms with Crippen molar-refractivity contribution in [2.45, 2.75) is 18.7 Å². The molecule has 146 valence electrons. The molecule has 0 radical (unpaired) electrons. The Morgan fingerprint density at radius 2 is 2.04 bits per heavy atom. The number of esters is 1. The van der Waals surface area contributed by atoms with E-state index in [1.54, 1.807) is 24.1 Å². The van der Waals surface area contributed by atoms with Gasteiger partial charge in [0.2, 0.25) is 5.72 Å². The van der Waals surface area contributed by atoms with Crippen molar-refractivity contribution in [1.82, 2.24) is 5.32 Å². The van der Waals surface area contributed by atoms with Gasteiger partial charge in [-0.3, -0.25) is 9.69 Å². The summed E-state index contributed by atoms with van der Waals surface area (Å²) < 4.78 is 17.1. The minimum absolute atomic E-state index is 0.400. The van der Waals surface area contributed by atoms with Crippen molar-refractivity contribution >= 4 is 40.6 Å². The quantitative estimate of drug-likeness (QED) is 0.602. The summed E-state index contributed by atoms with van der Waals surface area (Å²) in [5.74, 6) is 0.0724. The smallest absolute Gasteiger partial charge is 0.317 e. The zero-order valence-electron chi connectivity index (χ0n) is 15.6. The second kappa shape index (κ2) is 6.83. The Balaban J connectivity index is 1.94. The SMILES string of the molecule is COC(=O)[C@@H]1[C@H]2NC(=S)N(c3cccc(Cl)c3)[C@@]1(C)Oc1c(OC)cccc12. The summed E-state index contributed by atoms with van der Waals surface area (Å²) in [5.41, 5.74) is 0.352. The molecule has 1 N–H and O–H groups in total. The molecule has 28 heavy (non-hydrogen) atoms. The predicted octanol–water partition coefficient (Wildman–Crippen LogP) is 3.68. The third-order valence-corrected chi connectivity index (χ3v) is 5.77.